The van der Waals surface area contributed by atoms with Crippen molar-refractivity contribution in [3.05, 3.63) is 0 Å². The Morgan fingerprint density at radius 3 is 2.50 bits per heavy atom. The summed E-state index contributed by atoms with van der Waals surface area (Å²) in [7, 11) is 0. The summed E-state index contributed by atoms with van der Waals surface area (Å²) in [5, 5.41) is 0. The van der Waals surface area contributed by atoms with Crippen LogP contribution in [0.1, 0.15) is 51.9 Å². The highest BCUT2D eigenvalue weighted by atomic mass is 16.5. The Morgan fingerprint density at radius 2 is 1.86 bits per heavy atom. The van der Waals surface area contributed by atoms with Gasteiger partial charge in [0.1, 0.15) is 0 Å². The van der Waals surface area contributed by atoms with E-state index in [1.807, 2.05) is 0 Å². The van der Waals surface area contributed by atoms with Crippen LogP contribution in [-0.4, -0.2) is 19.3 Å². The van der Waals surface area contributed by atoms with Gasteiger partial charge in [-0.05, 0) is 50.9 Å². The Hall–Kier alpha value is -0.0800. The summed E-state index contributed by atoms with van der Waals surface area (Å²) in [5.74, 6) is 0.931. The van der Waals surface area contributed by atoms with Gasteiger partial charge in [-0.3, -0.25) is 0 Å². The third-order valence-corrected chi connectivity index (χ3v) is 3.14. The van der Waals surface area contributed by atoms with Crippen LogP contribution in [0.15, 0.2) is 0 Å². The lowest BCUT2D eigenvalue weighted by atomic mass is 9.84. The smallest absolute Gasteiger partial charge is 0.0466 e. The first kappa shape index (κ1) is 12.0. The number of rotatable bonds is 6. The number of nitrogens with two attached hydrogens (primary N) is 1. The van der Waals surface area contributed by atoms with E-state index < -0.39 is 0 Å². The van der Waals surface area contributed by atoms with E-state index in [1.54, 1.807) is 0 Å². The van der Waals surface area contributed by atoms with Crippen LogP contribution < -0.4 is 5.73 Å². The second-order valence-electron chi connectivity index (χ2n) is 4.54. The Kier molecular flexibility index (Phi) is 6.20. The topological polar surface area (TPSA) is 35.2 Å². The van der Waals surface area contributed by atoms with Crippen LogP contribution >= 0.6 is 0 Å². The zero-order valence-corrected chi connectivity index (χ0v) is 9.50. The van der Waals surface area contributed by atoms with Crippen LogP contribution in [0.5, 0.6) is 0 Å². The van der Waals surface area contributed by atoms with Crippen molar-refractivity contribution in [2.24, 2.45) is 11.7 Å². The summed E-state index contributed by atoms with van der Waals surface area (Å²) in [4.78, 5) is 0. The molecule has 1 saturated carbocycles. The average molecular weight is 199 g/mol. The predicted octanol–water partition coefficient (Wildman–Crippen LogP) is 2.71. The highest BCUT2D eigenvalue weighted by Gasteiger charge is 2.17. The van der Waals surface area contributed by atoms with Crippen molar-refractivity contribution in [3.8, 4) is 0 Å². The molecule has 0 spiro atoms. The fourth-order valence-electron chi connectivity index (χ4n) is 2.20. The summed E-state index contributed by atoms with van der Waals surface area (Å²) >= 11 is 0. The maximum atomic E-state index is 5.87. The highest BCUT2D eigenvalue weighted by molar-refractivity contribution is 4.74. The number of hydrogen-bond acceptors (Lipinski definition) is 2. The minimum Gasteiger partial charge on any atom is -0.381 e. The largest absolute Gasteiger partial charge is 0.381 e. The summed E-state index contributed by atoms with van der Waals surface area (Å²) in [6.07, 6.45) is 8.87. The van der Waals surface area contributed by atoms with Crippen molar-refractivity contribution in [1.82, 2.24) is 0 Å². The third kappa shape index (κ3) is 4.97. The fraction of sp³-hybridized carbons (Fsp3) is 1.00. The molecule has 2 N–H and O–H groups in total. The molecule has 0 radical (unpaired) electrons. The van der Waals surface area contributed by atoms with E-state index in [1.165, 1.54) is 38.5 Å². The molecule has 1 rings (SSSR count). The fourth-order valence-corrected chi connectivity index (χ4v) is 2.20. The van der Waals surface area contributed by atoms with Crippen LogP contribution in [0.25, 0.3) is 0 Å². The van der Waals surface area contributed by atoms with Gasteiger partial charge in [0.05, 0.1) is 0 Å². The van der Waals surface area contributed by atoms with Crippen molar-refractivity contribution in [3.63, 3.8) is 0 Å². The first-order chi connectivity index (χ1) is 6.83. The molecule has 2 heteroatoms. The van der Waals surface area contributed by atoms with Gasteiger partial charge in [0.2, 0.25) is 0 Å². The molecule has 0 bridgehead atoms. The molecule has 1 aliphatic carbocycles. The molecule has 2 nitrogen and oxygen atoms in total. The van der Waals surface area contributed by atoms with Crippen LogP contribution in [0.4, 0.5) is 0 Å². The maximum absolute atomic E-state index is 5.87. The molecular weight excluding hydrogens is 174 g/mol. The zero-order valence-electron chi connectivity index (χ0n) is 9.50. The quantitative estimate of drug-likeness (QED) is 0.668. The first-order valence-electron chi connectivity index (χ1n) is 6.16. The summed E-state index contributed by atoms with van der Waals surface area (Å²) in [6, 6.07) is 0.489. The molecule has 0 aromatic heterocycles. The predicted molar refractivity (Wildman–Crippen MR) is 60.3 cm³/mol. The molecule has 0 heterocycles. The molecular formula is C12H25NO. The van der Waals surface area contributed by atoms with Gasteiger partial charge in [0.15, 0.2) is 0 Å². The van der Waals surface area contributed by atoms with Crippen LogP contribution in [0, 0.1) is 5.92 Å². The van der Waals surface area contributed by atoms with Gasteiger partial charge in [-0.1, -0.05) is 6.92 Å². The van der Waals surface area contributed by atoms with Crippen molar-refractivity contribution in [1.29, 1.82) is 0 Å². The molecule has 14 heavy (non-hydrogen) atoms. The standard InChI is InChI=1S/C12H25NO/c1-2-9-14-10-3-4-11-5-7-12(13)8-6-11/h11-12H,2-10,13H2,1H3/t11-,12-. The maximum Gasteiger partial charge on any atom is 0.0466 e. The summed E-state index contributed by atoms with van der Waals surface area (Å²) in [6.45, 7) is 4.04. The lowest BCUT2D eigenvalue weighted by Gasteiger charge is -2.25. The van der Waals surface area contributed by atoms with Gasteiger partial charge >= 0.3 is 0 Å². The van der Waals surface area contributed by atoms with Gasteiger partial charge in [0.25, 0.3) is 0 Å². The summed E-state index contributed by atoms with van der Waals surface area (Å²) < 4.78 is 5.47. The minimum atomic E-state index is 0.489. The first-order valence-corrected chi connectivity index (χ1v) is 6.16. The molecule has 1 aliphatic rings. The van der Waals surface area contributed by atoms with E-state index in [9.17, 15) is 0 Å². The molecule has 84 valence electrons. The zero-order chi connectivity index (χ0) is 10.2. The van der Waals surface area contributed by atoms with Gasteiger partial charge < -0.3 is 10.5 Å². The van der Waals surface area contributed by atoms with E-state index in [2.05, 4.69) is 6.92 Å². The Balaban J connectivity index is 1.91. The molecule has 0 unspecified atom stereocenters. The number of ether oxygens (including phenoxy) is 1. The summed E-state index contributed by atoms with van der Waals surface area (Å²) in [5.41, 5.74) is 5.87. The van der Waals surface area contributed by atoms with E-state index in [4.69, 9.17) is 10.5 Å². The van der Waals surface area contributed by atoms with E-state index >= 15 is 0 Å². The van der Waals surface area contributed by atoms with Crippen molar-refractivity contribution >= 4 is 0 Å². The van der Waals surface area contributed by atoms with E-state index in [0.717, 1.165) is 25.6 Å². The van der Waals surface area contributed by atoms with E-state index in [-0.39, 0.29) is 0 Å². The lowest BCUT2D eigenvalue weighted by molar-refractivity contribution is 0.124. The van der Waals surface area contributed by atoms with Crippen LogP contribution in [0.3, 0.4) is 0 Å². The van der Waals surface area contributed by atoms with E-state index in [0.29, 0.717) is 6.04 Å². The molecule has 0 aromatic carbocycles. The van der Waals surface area contributed by atoms with Crippen LogP contribution in [0.2, 0.25) is 0 Å². The van der Waals surface area contributed by atoms with Crippen molar-refractivity contribution in [2.75, 3.05) is 13.2 Å². The Morgan fingerprint density at radius 1 is 1.14 bits per heavy atom. The Labute approximate surface area is 88.2 Å². The molecule has 0 amide bonds. The van der Waals surface area contributed by atoms with Gasteiger partial charge in [-0.2, -0.15) is 0 Å². The molecule has 1 fully saturated rings. The van der Waals surface area contributed by atoms with Crippen molar-refractivity contribution < 1.29 is 4.74 Å². The third-order valence-electron chi connectivity index (χ3n) is 3.14. The second kappa shape index (κ2) is 7.24. The van der Waals surface area contributed by atoms with Gasteiger partial charge in [-0.25, -0.2) is 0 Å². The molecule has 0 saturated heterocycles. The van der Waals surface area contributed by atoms with Crippen molar-refractivity contribution in [2.45, 2.75) is 57.9 Å². The minimum absolute atomic E-state index is 0.489. The lowest BCUT2D eigenvalue weighted by Crippen LogP contribution is -2.26. The molecule has 0 aromatic rings. The monoisotopic (exact) mass is 199 g/mol. The highest BCUT2D eigenvalue weighted by Crippen LogP contribution is 2.26. The molecule has 0 atom stereocenters. The van der Waals surface area contributed by atoms with Gasteiger partial charge in [-0.15, -0.1) is 0 Å². The SMILES string of the molecule is CCCOCCC[C@H]1CC[C@H](N)CC1. The van der Waals surface area contributed by atoms with Crippen LogP contribution in [-0.2, 0) is 4.74 Å². The Bertz CT molecular complexity index is 130. The normalized spacial score (nSPS) is 27.9. The average Bonchev–Trinajstić information content (AvgIpc) is 2.21. The van der Waals surface area contributed by atoms with Gasteiger partial charge in [0, 0.05) is 19.3 Å². The number of hydrogen-bond donors (Lipinski definition) is 1. The molecule has 0 aliphatic heterocycles. The second-order valence-corrected chi connectivity index (χ2v) is 4.54.